The van der Waals surface area contributed by atoms with Gasteiger partial charge in [-0.1, -0.05) is 18.5 Å². The molecule has 1 aromatic carbocycles. The Kier molecular flexibility index (Phi) is 8.72. The summed E-state index contributed by atoms with van der Waals surface area (Å²) in [6.45, 7) is 4.18. The van der Waals surface area contributed by atoms with Gasteiger partial charge in [0.05, 0.1) is 31.1 Å². The molecule has 0 spiro atoms. The standard InChI is InChI=1S/C22H27ClN2O5S2/c1-4-15(10-22(24-2)30-13-18-12-28-7-8-29-18)16-9-21(31-14-16)19-6-5-17(11-20(19)23)25-32(3,26)27/h5-6,9-11,14,18,25H,4,7-8,12-13H2,1-3H3/b15-10+,24-22?. The molecule has 32 heavy (non-hydrogen) atoms. The zero-order valence-corrected chi connectivity index (χ0v) is 20.6. The van der Waals surface area contributed by atoms with E-state index < -0.39 is 10.0 Å². The van der Waals surface area contributed by atoms with E-state index in [0.717, 1.165) is 34.3 Å². The van der Waals surface area contributed by atoms with E-state index in [1.165, 1.54) is 0 Å². The van der Waals surface area contributed by atoms with Crippen LogP contribution in [0.25, 0.3) is 16.0 Å². The van der Waals surface area contributed by atoms with Gasteiger partial charge in [-0.2, -0.15) is 0 Å². The van der Waals surface area contributed by atoms with Crippen LogP contribution in [0.4, 0.5) is 5.69 Å². The predicted molar refractivity (Wildman–Crippen MR) is 131 cm³/mol. The lowest BCUT2D eigenvalue weighted by atomic mass is 10.0. The van der Waals surface area contributed by atoms with Crippen molar-refractivity contribution in [3.8, 4) is 10.4 Å². The number of sulfonamides is 1. The van der Waals surface area contributed by atoms with Gasteiger partial charge in [0.1, 0.15) is 12.7 Å². The molecule has 2 heterocycles. The van der Waals surface area contributed by atoms with E-state index >= 15 is 0 Å². The monoisotopic (exact) mass is 498 g/mol. The quantitative estimate of drug-likeness (QED) is 0.421. The van der Waals surface area contributed by atoms with Gasteiger partial charge in [-0.15, -0.1) is 11.3 Å². The average Bonchev–Trinajstić information content (AvgIpc) is 3.23. The number of halogens is 1. The fraction of sp³-hybridized carbons (Fsp3) is 0.409. The molecule has 2 aromatic rings. The molecular formula is C22H27ClN2O5S2. The van der Waals surface area contributed by atoms with Gasteiger partial charge in [-0.05, 0) is 47.2 Å². The minimum absolute atomic E-state index is 0.0889. The molecule has 1 atom stereocenters. The van der Waals surface area contributed by atoms with Crippen LogP contribution < -0.4 is 4.72 Å². The number of ether oxygens (including phenoxy) is 3. The number of hydrogen-bond acceptors (Lipinski definition) is 7. The van der Waals surface area contributed by atoms with Gasteiger partial charge in [0.25, 0.3) is 0 Å². The van der Waals surface area contributed by atoms with Gasteiger partial charge in [0.2, 0.25) is 15.9 Å². The first-order valence-corrected chi connectivity index (χ1v) is 13.3. The summed E-state index contributed by atoms with van der Waals surface area (Å²) < 4.78 is 42.2. The Hall–Kier alpha value is -1.91. The zero-order chi connectivity index (χ0) is 23.1. The number of allylic oxidation sites excluding steroid dienone is 1. The van der Waals surface area contributed by atoms with Gasteiger partial charge in [0.15, 0.2) is 0 Å². The third-order valence-corrected chi connectivity index (χ3v) is 6.59. The molecule has 0 amide bonds. The van der Waals surface area contributed by atoms with Crippen molar-refractivity contribution in [3.63, 3.8) is 0 Å². The lowest BCUT2D eigenvalue weighted by molar-refractivity contribution is -0.103. The van der Waals surface area contributed by atoms with E-state index in [-0.39, 0.29) is 6.10 Å². The molecule has 3 rings (SSSR count). The molecule has 0 bridgehead atoms. The first kappa shape index (κ1) is 24.7. The molecular weight excluding hydrogens is 472 g/mol. The molecule has 1 aliphatic heterocycles. The summed E-state index contributed by atoms with van der Waals surface area (Å²) in [6, 6.07) is 7.19. The normalized spacial score (nSPS) is 17.9. The Morgan fingerprint density at radius 3 is 2.81 bits per heavy atom. The number of anilines is 1. The van der Waals surface area contributed by atoms with Crippen molar-refractivity contribution in [2.24, 2.45) is 4.99 Å². The van der Waals surface area contributed by atoms with E-state index in [0.29, 0.717) is 43.0 Å². The number of benzene rings is 1. The molecule has 1 aliphatic rings. The lowest BCUT2D eigenvalue weighted by Gasteiger charge is -2.22. The van der Waals surface area contributed by atoms with Crippen LogP contribution in [0.5, 0.6) is 0 Å². The SMILES string of the molecule is CC/C(=C\C(=NC)OCC1COCCO1)c1csc(-c2ccc(NS(C)(=O)=O)cc2Cl)c1. The summed E-state index contributed by atoms with van der Waals surface area (Å²) in [4.78, 5) is 5.24. The Balaban J connectivity index is 1.74. The minimum Gasteiger partial charge on any atom is -0.475 e. The van der Waals surface area contributed by atoms with Gasteiger partial charge in [-0.3, -0.25) is 9.71 Å². The van der Waals surface area contributed by atoms with Crippen LogP contribution in [-0.2, 0) is 24.2 Å². The van der Waals surface area contributed by atoms with E-state index in [4.69, 9.17) is 25.8 Å². The first-order chi connectivity index (χ1) is 15.3. The van der Waals surface area contributed by atoms with E-state index in [2.05, 4.69) is 28.1 Å². The lowest BCUT2D eigenvalue weighted by Crippen LogP contribution is -2.33. The van der Waals surface area contributed by atoms with Crippen LogP contribution in [0.15, 0.2) is 40.7 Å². The first-order valence-electron chi connectivity index (χ1n) is 10.1. The summed E-state index contributed by atoms with van der Waals surface area (Å²) in [7, 11) is -1.66. The maximum atomic E-state index is 11.4. The topological polar surface area (TPSA) is 86.2 Å². The maximum absolute atomic E-state index is 11.4. The van der Waals surface area contributed by atoms with E-state index in [1.54, 1.807) is 30.5 Å². The van der Waals surface area contributed by atoms with E-state index in [1.807, 2.05) is 12.1 Å². The van der Waals surface area contributed by atoms with Gasteiger partial charge < -0.3 is 14.2 Å². The third kappa shape index (κ3) is 7.05. The van der Waals surface area contributed by atoms with Crippen LogP contribution in [0.2, 0.25) is 5.02 Å². The zero-order valence-electron chi connectivity index (χ0n) is 18.3. The second-order valence-electron chi connectivity index (χ2n) is 7.23. The van der Waals surface area contributed by atoms with E-state index in [9.17, 15) is 8.42 Å². The Morgan fingerprint density at radius 2 is 2.19 bits per heavy atom. The van der Waals surface area contributed by atoms with Crippen LogP contribution in [0.1, 0.15) is 18.9 Å². The van der Waals surface area contributed by atoms with Crippen molar-refractivity contribution in [2.75, 3.05) is 44.5 Å². The third-order valence-electron chi connectivity index (χ3n) is 4.71. The van der Waals surface area contributed by atoms with Crippen molar-refractivity contribution < 1.29 is 22.6 Å². The smallest absolute Gasteiger partial charge is 0.229 e. The molecule has 174 valence electrons. The Bertz CT molecular complexity index is 1090. The number of nitrogens with one attached hydrogen (secondary N) is 1. The fourth-order valence-corrected chi connectivity index (χ4v) is 5.03. The molecule has 1 N–H and O–H groups in total. The molecule has 1 aromatic heterocycles. The van der Waals surface area contributed by atoms with Crippen molar-refractivity contribution in [2.45, 2.75) is 19.4 Å². The number of nitrogens with zero attached hydrogens (tertiary/aromatic N) is 1. The summed E-state index contributed by atoms with van der Waals surface area (Å²) in [5, 5.41) is 2.54. The van der Waals surface area contributed by atoms with Gasteiger partial charge >= 0.3 is 0 Å². The number of thiophene rings is 1. The highest BCUT2D eigenvalue weighted by Gasteiger charge is 2.16. The summed E-state index contributed by atoms with van der Waals surface area (Å²) in [6.07, 6.45) is 3.75. The van der Waals surface area contributed by atoms with Crippen LogP contribution in [-0.4, -0.2) is 60.2 Å². The van der Waals surface area contributed by atoms with Gasteiger partial charge in [0, 0.05) is 29.3 Å². The highest BCUT2D eigenvalue weighted by Crippen LogP contribution is 2.36. The highest BCUT2D eigenvalue weighted by molar-refractivity contribution is 7.92. The molecule has 1 fully saturated rings. The van der Waals surface area contributed by atoms with Crippen molar-refractivity contribution in [3.05, 3.63) is 46.3 Å². The highest BCUT2D eigenvalue weighted by atomic mass is 35.5. The Labute approximate surface area is 198 Å². The minimum atomic E-state index is -3.36. The summed E-state index contributed by atoms with van der Waals surface area (Å²) in [5.74, 6) is 0.540. The predicted octanol–water partition coefficient (Wildman–Crippen LogP) is 4.69. The second-order valence-corrected chi connectivity index (χ2v) is 10.3. The van der Waals surface area contributed by atoms with Crippen molar-refractivity contribution in [1.82, 2.24) is 0 Å². The fourth-order valence-electron chi connectivity index (χ4n) is 3.16. The van der Waals surface area contributed by atoms with Crippen LogP contribution in [0.3, 0.4) is 0 Å². The molecule has 7 nitrogen and oxygen atoms in total. The van der Waals surface area contributed by atoms with Crippen LogP contribution >= 0.6 is 22.9 Å². The van der Waals surface area contributed by atoms with Crippen LogP contribution in [0, 0.1) is 0 Å². The molecule has 0 aliphatic carbocycles. The number of hydrogen-bond donors (Lipinski definition) is 1. The Morgan fingerprint density at radius 1 is 1.38 bits per heavy atom. The largest absolute Gasteiger partial charge is 0.475 e. The van der Waals surface area contributed by atoms with Crippen molar-refractivity contribution in [1.29, 1.82) is 0 Å². The summed E-state index contributed by atoms with van der Waals surface area (Å²) in [5.41, 5.74) is 3.41. The number of aliphatic imine (C=N–C) groups is 1. The van der Waals surface area contributed by atoms with Gasteiger partial charge in [-0.25, -0.2) is 8.42 Å². The van der Waals surface area contributed by atoms with Crippen molar-refractivity contribution >= 4 is 50.1 Å². The molecule has 1 saturated heterocycles. The average molecular weight is 499 g/mol. The maximum Gasteiger partial charge on any atom is 0.229 e. The summed E-state index contributed by atoms with van der Waals surface area (Å²) >= 11 is 8.00. The number of rotatable bonds is 8. The molecule has 1 unspecified atom stereocenters. The molecule has 0 saturated carbocycles. The molecule has 10 heteroatoms. The second kappa shape index (κ2) is 11.3. The molecule has 0 radical (unpaired) electrons.